The van der Waals surface area contributed by atoms with Crippen molar-refractivity contribution >= 4 is 50.5 Å². The number of amidine groups is 2. The van der Waals surface area contributed by atoms with Crippen molar-refractivity contribution < 1.29 is 0 Å². The van der Waals surface area contributed by atoms with Gasteiger partial charge in [-0.25, -0.2) is 9.98 Å². The summed E-state index contributed by atoms with van der Waals surface area (Å²) in [6.07, 6.45) is 5.73. The molecule has 6 heteroatoms. The fourth-order valence-corrected chi connectivity index (χ4v) is 10.3. The molecule has 1 aliphatic heterocycles. The van der Waals surface area contributed by atoms with Gasteiger partial charge in [-0.05, 0) is 65.4 Å². The van der Waals surface area contributed by atoms with Crippen molar-refractivity contribution in [3.05, 3.63) is 208 Å². The zero-order chi connectivity index (χ0) is 40.8. The third-order valence-electron chi connectivity index (χ3n) is 13.1. The van der Waals surface area contributed by atoms with Crippen molar-refractivity contribution in [3.63, 3.8) is 0 Å². The van der Waals surface area contributed by atoms with Crippen molar-refractivity contribution in [2.75, 3.05) is 0 Å². The number of rotatable bonds is 5. The molecule has 0 fully saturated rings. The standard InChI is InChI=1S/C55H40N6/c1-55(2)43-25-11-6-23-40(43)51-41(24-16-26-44(51)55)53-57-52(34-17-4-3-5-18-34)58-54(59-53)42-31-35(33-56)49(60-45-27-12-7-19-36(45)37-20-8-13-28-46(37)60)32-50(42)61-47-29-14-9-21-38(47)39-22-10-15-30-48(39)61/h3-12,14-27,29-32,54H,13,28H2,1-2H3,(H,57,58,59). The molecule has 9 aromatic rings. The number of aromatic nitrogens is 2. The highest BCUT2D eigenvalue weighted by molar-refractivity contribution is 6.16. The van der Waals surface area contributed by atoms with Crippen molar-refractivity contribution in [2.24, 2.45) is 9.98 Å². The van der Waals surface area contributed by atoms with E-state index in [-0.39, 0.29) is 5.41 Å². The molecule has 1 unspecified atom stereocenters. The Labute approximate surface area is 354 Å². The predicted molar refractivity (Wildman–Crippen MR) is 249 cm³/mol. The van der Waals surface area contributed by atoms with Gasteiger partial charge in [-0.2, -0.15) is 5.26 Å². The van der Waals surface area contributed by atoms with Crippen LogP contribution in [0.2, 0.25) is 0 Å². The van der Waals surface area contributed by atoms with Gasteiger partial charge in [-0.3, -0.25) is 0 Å². The Morgan fingerprint density at radius 3 is 2.05 bits per heavy atom. The Kier molecular flexibility index (Phi) is 7.73. The molecule has 290 valence electrons. The maximum atomic E-state index is 11.2. The zero-order valence-electron chi connectivity index (χ0n) is 33.9. The van der Waals surface area contributed by atoms with E-state index in [0.717, 1.165) is 74.1 Å². The topological polar surface area (TPSA) is 70.4 Å². The minimum atomic E-state index is -0.599. The Bertz CT molecular complexity index is 3390. The van der Waals surface area contributed by atoms with Crippen molar-refractivity contribution in [1.82, 2.24) is 14.5 Å². The molecule has 0 spiro atoms. The number of nitrogens with one attached hydrogen (secondary N) is 1. The lowest BCUT2D eigenvalue weighted by atomic mass is 9.82. The van der Waals surface area contributed by atoms with Crippen LogP contribution in [0.4, 0.5) is 0 Å². The number of allylic oxidation sites excluding steroid dienone is 1. The average Bonchev–Trinajstić information content (AvgIpc) is 3.92. The summed E-state index contributed by atoms with van der Waals surface area (Å²) in [7, 11) is 0. The summed E-state index contributed by atoms with van der Waals surface area (Å²) in [5, 5.41) is 18.6. The van der Waals surface area contributed by atoms with Crippen molar-refractivity contribution in [3.8, 4) is 28.6 Å². The first-order valence-electron chi connectivity index (χ1n) is 21.1. The molecule has 1 N–H and O–H groups in total. The maximum absolute atomic E-state index is 11.2. The molecule has 0 saturated carbocycles. The molecule has 61 heavy (non-hydrogen) atoms. The Balaban J connectivity index is 1.15. The SMILES string of the molecule is CC1(C)c2ccccc2-c2c(C3=NC(c4ccccc4)=NC(c4cc(C#N)c(-n5c6c(c7ccccc75)C=CCC6)cc4-n4c5ccccc5c5ccccc54)N3)cccc21. The van der Waals surface area contributed by atoms with Crippen LogP contribution < -0.4 is 5.32 Å². The van der Waals surface area contributed by atoms with Crippen LogP contribution in [0.5, 0.6) is 0 Å². The van der Waals surface area contributed by atoms with E-state index >= 15 is 0 Å². The number of nitrogens with zero attached hydrogens (tertiary/aromatic N) is 5. The molecule has 0 amide bonds. The summed E-state index contributed by atoms with van der Waals surface area (Å²) in [6, 6.07) is 58.3. The van der Waals surface area contributed by atoms with E-state index in [1.807, 2.05) is 18.2 Å². The van der Waals surface area contributed by atoms with E-state index in [2.05, 4.69) is 186 Å². The van der Waals surface area contributed by atoms with Gasteiger partial charge in [0.15, 0.2) is 5.84 Å². The van der Waals surface area contributed by atoms with Crippen LogP contribution in [0.3, 0.4) is 0 Å². The summed E-state index contributed by atoms with van der Waals surface area (Å²) in [5.74, 6) is 1.38. The molecule has 12 rings (SSSR count). The molecule has 2 aromatic heterocycles. The molecule has 1 atom stereocenters. The molecule has 6 nitrogen and oxygen atoms in total. The molecule has 3 heterocycles. The first-order chi connectivity index (χ1) is 30.0. The monoisotopic (exact) mass is 784 g/mol. The van der Waals surface area contributed by atoms with Crippen molar-refractivity contribution in [1.29, 1.82) is 5.26 Å². The third kappa shape index (κ3) is 5.20. The second-order valence-electron chi connectivity index (χ2n) is 16.8. The second kappa shape index (κ2) is 13.4. The van der Waals surface area contributed by atoms with Crippen LogP contribution in [0.25, 0.3) is 61.3 Å². The van der Waals surface area contributed by atoms with Crippen LogP contribution in [0, 0.1) is 11.3 Å². The van der Waals surface area contributed by atoms with Gasteiger partial charge in [-0.1, -0.05) is 153 Å². The summed E-state index contributed by atoms with van der Waals surface area (Å²) in [4.78, 5) is 10.8. The maximum Gasteiger partial charge on any atom is 0.159 e. The van der Waals surface area contributed by atoms with Gasteiger partial charge in [0.05, 0.1) is 33.5 Å². The number of hydrogen-bond acceptors (Lipinski definition) is 4. The molecule has 0 radical (unpaired) electrons. The lowest BCUT2D eigenvalue weighted by Gasteiger charge is -2.28. The number of fused-ring (bicyclic) bond motifs is 9. The summed E-state index contributed by atoms with van der Waals surface area (Å²) < 4.78 is 4.70. The summed E-state index contributed by atoms with van der Waals surface area (Å²) in [6.45, 7) is 4.61. The normalized spacial score (nSPS) is 16.1. The first-order valence-corrected chi connectivity index (χ1v) is 21.1. The van der Waals surface area contributed by atoms with E-state index < -0.39 is 6.17 Å². The molecular formula is C55H40N6. The number of aliphatic imine (C=N–C) groups is 2. The quantitative estimate of drug-likeness (QED) is 0.189. The largest absolute Gasteiger partial charge is 0.344 e. The van der Waals surface area contributed by atoms with Gasteiger partial charge in [-0.15, -0.1) is 0 Å². The minimum absolute atomic E-state index is 0.175. The number of nitriles is 1. The Morgan fingerprint density at radius 1 is 0.656 bits per heavy atom. The Morgan fingerprint density at radius 2 is 1.30 bits per heavy atom. The third-order valence-corrected chi connectivity index (χ3v) is 13.1. The van der Waals surface area contributed by atoms with Gasteiger partial charge in [0, 0.05) is 49.5 Å². The van der Waals surface area contributed by atoms with E-state index in [1.54, 1.807) is 0 Å². The van der Waals surface area contributed by atoms with Crippen LogP contribution in [0.15, 0.2) is 174 Å². The lowest BCUT2D eigenvalue weighted by molar-refractivity contribution is 0.659. The fraction of sp³-hybridized carbons (Fsp3) is 0.109. The summed E-state index contributed by atoms with van der Waals surface area (Å²) in [5.41, 5.74) is 15.7. The molecule has 7 aromatic carbocycles. The minimum Gasteiger partial charge on any atom is -0.344 e. The number of hydrogen-bond donors (Lipinski definition) is 1. The van der Waals surface area contributed by atoms with Crippen LogP contribution in [-0.4, -0.2) is 20.8 Å². The van der Waals surface area contributed by atoms with Gasteiger partial charge in [0.25, 0.3) is 0 Å². The van der Waals surface area contributed by atoms with Gasteiger partial charge >= 0.3 is 0 Å². The highest BCUT2D eigenvalue weighted by Crippen LogP contribution is 2.50. The molecule has 0 bridgehead atoms. The smallest absolute Gasteiger partial charge is 0.159 e. The second-order valence-corrected chi connectivity index (χ2v) is 16.8. The molecular weight excluding hydrogens is 745 g/mol. The van der Waals surface area contributed by atoms with E-state index in [9.17, 15) is 5.26 Å². The van der Waals surface area contributed by atoms with Crippen molar-refractivity contribution in [2.45, 2.75) is 38.3 Å². The summed E-state index contributed by atoms with van der Waals surface area (Å²) >= 11 is 0. The highest BCUT2D eigenvalue weighted by Gasteiger charge is 2.38. The molecule has 0 saturated heterocycles. The van der Waals surface area contributed by atoms with Crippen LogP contribution in [-0.2, 0) is 11.8 Å². The van der Waals surface area contributed by atoms with E-state index in [0.29, 0.717) is 11.4 Å². The zero-order valence-corrected chi connectivity index (χ0v) is 33.9. The van der Waals surface area contributed by atoms with Gasteiger partial charge in [0.1, 0.15) is 18.1 Å². The molecule has 2 aliphatic carbocycles. The fourth-order valence-electron chi connectivity index (χ4n) is 10.3. The van der Waals surface area contributed by atoms with Gasteiger partial charge < -0.3 is 14.5 Å². The van der Waals surface area contributed by atoms with Crippen LogP contribution >= 0.6 is 0 Å². The number of benzene rings is 7. The number of para-hydroxylation sites is 3. The highest BCUT2D eigenvalue weighted by atomic mass is 15.2. The first kappa shape index (κ1) is 35.2. The average molecular weight is 785 g/mol. The van der Waals surface area contributed by atoms with E-state index in [4.69, 9.17) is 9.98 Å². The lowest BCUT2D eigenvalue weighted by Crippen LogP contribution is -2.34. The van der Waals surface area contributed by atoms with Crippen LogP contribution in [0.1, 0.15) is 71.1 Å². The van der Waals surface area contributed by atoms with Gasteiger partial charge in [0.2, 0.25) is 0 Å². The van der Waals surface area contributed by atoms with E-state index in [1.165, 1.54) is 38.9 Å². The predicted octanol–water partition coefficient (Wildman–Crippen LogP) is 12.4. The molecule has 3 aliphatic rings. The Hall–Kier alpha value is -7.75.